The second-order valence-electron chi connectivity index (χ2n) is 4.10. The lowest BCUT2D eigenvalue weighted by molar-refractivity contribution is -0.299. The number of rotatable bonds is 4. The minimum absolute atomic E-state index is 0.484. The van der Waals surface area contributed by atoms with Gasteiger partial charge in [-0.3, -0.25) is 9.59 Å². The molecule has 110 valence electrons. The molecule has 1 rings (SSSR count). The number of aliphatic hydroxyl groups excluding tert-OH is 2. The minimum atomic E-state index is -1.36. The number of ether oxygens (including phenoxy) is 4. The molecule has 0 aromatic heterocycles. The summed E-state index contributed by atoms with van der Waals surface area (Å²) in [7, 11) is 1.30. The molecule has 0 bridgehead atoms. The van der Waals surface area contributed by atoms with Gasteiger partial charge >= 0.3 is 11.9 Å². The molecule has 0 saturated carbocycles. The largest absolute Gasteiger partial charge is 0.457 e. The summed E-state index contributed by atoms with van der Waals surface area (Å²) in [4.78, 5) is 22.0. The highest BCUT2D eigenvalue weighted by Crippen LogP contribution is 2.26. The van der Waals surface area contributed by atoms with E-state index in [1.807, 2.05) is 0 Å². The lowest BCUT2D eigenvalue weighted by atomic mass is 9.98. The summed E-state index contributed by atoms with van der Waals surface area (Å²) >= 11 is 0. The van der Waals surface area contributed by atoms with Gasteiger partial charge in [-0.05, 0) is 0 Å². The van der Waals surface area contributed by atoms with Crippen molar-refractivity contribution < 1.29 is 38.7 Å². The number of carbonyl (C=O) groups is 2. The lowest BCUT2D eigenvalue weighted by Crippen LogP contribution is -2.61. The summed E-state index contributed by atoms with van der Waals surface area (Å²) in [6.45, 7) is 1.84. The summed E-state index contributed by atoms with van der Waals surface area (Å²) in [6, 6.07) is 0. The number of esters is 2. The zero-order valence-corrected chi connectivity index (χ0v) is 10.9. The first kappa shape index (κ1) is 15.8. The minimum Gasteiger partial charge on any atom is -0.457 e. The van der Waals surface area contributed by atoms with E-state index in [0.29, 0.717) is 0 Å². The highest BCUT2D eigenvalue weighted by molar-refractivity contribution is 5.67. The van der Waals surface area contributed by atoms with Crippen LogP contribution in [-0.2, 0) is 28.5 Å². The van der Waals surface area contributed by atoms with E-state index in [2.05, 4.69) is 0 Å². The van der Waals surface area contributed by atoms with Gasteiger partial charge in [0.2, 0.25) is 0 Å². The van der Waals surface area contributed by atoms with E-state index >= 15 is 0 Å². The van der Waals surface area contributed by atoms with Crippen LogP contribution in [-0.4, -0.2) is 66.6 Å². The monoisotopic (exact) mass is 278 g/mol. The molecule has 19 heavy (non-hydrogen) atoms. The molecule has 1 aliphatic rings. The van der Waals surface area contributed by atoms with Crippen LogP contribution in [0.2, 0.25) is 0 Å². The number of aliphatic hydroxyl groups is 2. The first-order chi connectivity index (χ1) is 8.90. The van der Waals surface area contributed by atoms with Crippen molar-refractivity contribution in [3.05, 3.63) is 0 Å². The van der Waals surface area contributed by atoms with E-state index < -0.39 is 49.3 Å². The molecular formula is C11H18O8. The molecule has 0 aromatic carbocycles. The van der Waals surface area contributed by atoms with Gasteiger partial charge in [0.05, 0.1) is 6.61 Å². The van der Waals surface area contributed by atoms with Crippen molar-refractivity contribution in [2.24, 2.45) is 0 Å². The van der Waals surface area contributed by atoms with Gasteiger partial charge in [0.25, 0.3) is 0 Å². The first-order valence-corrected chi connectivity index (χ1v) is 5.72. The van der Waals surface area contributed by atoms with Gasteiger partial charge in [-0.25, -0.2) is 0 Å². The predicted octanol–water partition coefficient (Wildman–Crippen LogP) is -1.43. The Hall–Kier alpha value is -1.22. The SMILES string of the molecule is CO[C@@H]1O[C@H](CO)[C@@H](OC(C)=O)[C@H](O)[C@H]1OC(C)=O. The second kappa shape index (κ2) is 6.80. The normalized spacial score (nSPS) is 34.7. The molecule has 2 N–H and O–H groups in total. The van der Waals surface area contributed by atoms with Gasteiger partial charge < -0.3 is 29.2 Å². The van der Waals surface area contributed by atoms with Gasteiger partial charge in [-0.1, -0.05) is 0 Å². The second-order valence-corrected chi connectivity index (χ2v) is 4.10. The van der Waals surface area contributed by atoms with Gasteiger partial charge in [0.1, 0.15) is 12.2 Å². The highest BCUT2D eigenvalue weighted by Gasteiger charge is 2.49. The van der Waals surface area contributed by atoms with Crippen LogP contribution in [0, 0.1) is 0 Å². The maximum absolute atomic E-state index is 11.0. The molecule has 1 heterocycles. The Morgan fingerprint density at radius 2 is 1.68 bits per heavy atom. The molecule has 1 saturated heterocycles. The molecule has 0 amide bonds. The van der Waals surface area contributed by atoms with Crippen LogP contribution in [0.4, 0.5) is 0 Å². The van der Waals surface area contributed by atoms with E-state index in [9.17, 15) is 19.8 Å². The quantitative estimate of drug-likeness (QED) is 0.602. The highest BCUT2D eigenvalue weighted by atomic mass is 16.7. The zero-order valence-electron chi connectivity index (χ0n) is 10.9. The van der Waals surface area contributed by atoms with Crippen molar-refractivity contribution in [3.8, 4) is 0 Å². The summed E-state index contributed by atoms with van der Waals surface area (Å²) in [6.07, 6.45) is -5.66. The molecule has 0 radical (unpaired) electrons. The fourth-order valence-electron chi connectivity index (χ4n) is 1.89. The number of carbonyl (C=O) groups excluding carboxylic acids is 2. The van der Waals surface area contributed by atoms with Gasteiger partial charge in [-0.2, -0.15) is 0 Å². The van der Waals surface area contributed by atoms with E-state index in [1.54, 1.807) is 0 Å². The molecule has 8 heteroatoms. The maximum Gasteiger partial charge on any atom is 0.303 e. The smallest absolute Gasteiger partial charge is 0.303 e. The van der Waals surface area contributed by atoms with Crippen molar-refractivity contribution in [1.29, 1.82) is 0 Å². The fraction of sp³-hybridized carbons (Fsp3) is 0.818. The Kier molecular flexibility index (Phi) is 5.67. The van der Waals surface area contributed by atoms with E-state index in [4.69, 9.17) is 18.9 Å². The lowest BCUT2D eigenvalue weighted by Gasteiger charge is -2.42. The van der Waals surface area contributed by atoms with Crippen LogP contribution in [0.5, 0.6) is 0 Å². The Balaban J connectivity index is 2.91. The third-order valence-corrected chi connectivity index (χ3v) is 2.63. The van der Waals surface area contributed by atoms with Crippen LogP contribution in [0.3, 0.4) is 0 Å². The third-order valence-electron chi connectivity index (χ3n) is 2.63. The maximum atomic E-state index is 11.0. The predicted molar refractivity (Wildman–Crippen MR) is 59.9 cm³/mol. The van der Waals surface area contributed by atoms with E-state index in [1.165, 1.54) is 14.0 Å². The molecule has 0 unspecified atom stereocenters. The van der Waals surface area contributed by atoms with Gasteiger partial charge in [-0.15, -0.1) is 0 Å². The number of hydrogen-bond donors (Lipinski definition) is 2. The summed E-state index contributed by atoms with van der Waals surface area (Å²) in [5, 5.41) is 19.3. The van der Waals surface area contributed by atoms with Crippen LogP contribution in [0.1, 0.15) is 13.8 Å². The Morgan fingerprint density at radius 1 is 1.16 bits per heavy atom. The molecule has 0 spiro atoms. The number of hydrogen-bond acceptors (Lipinski definition) is 8. The van der Waals surface area contributed by atoms with Crippen LogP contribution in [0.25, 0.3) is 0 Å². The van der Waals surface area contributed by atoms with Crippen LogP contribution >= 0.6 is 0 Å². The van der Waals surface area contributed by atoms with E-state index in [0.717, 1.165) is 6.92 Å². The molecule has 1 aliphatic heterocycles. The molecule has 5 atom stereocenters. The molecule has 0 aliphatic carbocycles. The Bertz CT molecular complexity index is 301. The Labute approximate surface area is 110 Å². The first-order valence-electron chi connectivity index (χ1n) is 5.72. The summed E-state index contributed by atoms with van der Waals surface area (Å²) < 4.78 is 20.0. The number of methoxy groups -OCH3 is 1. The third kappa shape index (κ3) is 3.87. The molecule has 1 fully saturated rings. The van der Waals surface area contributed by atoms with E-state index in [-0.39, 0.29) is 0 Å². The van der Waals surface area contributed by atoms with Crippen molar-refractivity contribution in [2.45, 2.75) is 44.6 Å². The average Bonchev–Trinajstić information content (AvgIpc) is 2.33. The van der Waals surface area contributed by atoms with Crippen molar-refractivity contribution in [3.63, 3.8) is 0 Å². The molecular weight excluding hydrogens is 260 g/mol. The molecule has 8 nitrogen and oxygen atoms in total. The van der Waals surface area contributed by atoms with Crippen LogP contribution < -0.4 is 0 Å². The topological polar surface area (TPSA) is 112 Å². The summed E-state index contributed by atoms with van der Waals surface area (Å²) in [5.74, 6) is -1.29. The molecule has 0 aromatic rings. The van der Waals surface area contributed by atoms with Gasteiger partial charge in [0.15, 0.2) is 18.5 Å². The average molecular weight is 278 g/mol. The fourth-order valence-corrected chi connectivity index (χ4v) is 1.89. The van der Waals surface area contributed by atoms with Gasteiger partial charge in [0, 0.05) is 21.0 Å². The van der Waals surface area contributed by atoms with Crippen molar-refractivity contribution in [2.75, 3.05) is 13.7 Å². The Morgan fingerprint density at radius 3 is 2.11 bits per heavy atom. The zero-order chi connectivity index (χ0) is 14.6. The summed E-state index contributed by atoms with van der Waals surface area (Å²) in [5.41, 5.74) is 0. The van der Waals surface area contributed by atoms with Crippen LogP contribution in [0.15, 0.2) is 0 Å². The standard InChI is InChI=1S/C11H18O8/c1-5(13)17-9-7(4-12)19-11(16-3)10(8(9)15)18-6(2)14/h7-12,15H,4H2,1-3H3/t7-,8+,9-,10-,11-/m1/s1. The van der Waals surface area contributed by atoms with Crippen molar-refractivity contribution in [1.82, 2.24) is 0 Å². The van der Waals surface area contributed by atoms with Crippen molar-refractivity contribution >= 4 is 11.9 Å².